The molecule has 0 radical (unpaired) electrons. The molecule has 8 nitrogen and oxygen atoms in total. The molecule has 3 heterocycles. The normalized spacial score (nSPS) is 15.0. The third kappa shape index (κ3) is 4.32. The number of aromatic nitrogens is 2. The number of hydrogen-bond acceptors (Lipinski definition) is 6. The summed E-state index contributed by atoms with van der Waals surface area (Å²) >= 11 is 0. The Morgan fingerprint density at radius 1 is 1.03 bits per heavy atom. The molecule has 176 valence electrons. The van der Waals surface area contributed by atoms with Gasteiger partial charge in [0.25, 0.3) is 5.56 Å². The van der Waals surface area contributed by atoms with Crippen molar-refractivity contribution in [2.24, 2.45) is 0 Å². The van der Waals surface area contributed by atoms with E-state index in [4.69, 9.17) is 9.15 Å². The zero-order valence-electron chi connectivity index (χ0n) is 18.3. The maximum Gasteiger partial charge on any atom is 0.264 e. The minimum atomic E-state index is -0.709. The van der Waals surface area contributed by atoms with E-state index >= 15 is 0 Å². The molecular formula is C24H22F2N4O4. The Hall–Kier alpha value is -3.92. The fourth-order valence-corrected chi connectivity index (χ4v) is 4.11. The second-order valence-corrected chi connectivity index (χ2v) is 8.15. The predicted octanol–water partition coefficient (Wildman–Crippen LogP) is 3.56. The minimum Gasteiger partial charge on any atom is -0.440 e. The van der Waals surface area contributed by atoms with Crippen LogP contribution in [0.5, 0.6) is 0 Å². The lowest BCUT2D eigenvalue weighted by atomic mass is 10.0. The molecule has 1 unspecified atom stereocenters. The highest BCUT2D eigenvalue weighted by atomic mass is 19.1. The molecule has 1 aliphatic rings. The first-order chi connectivity index (χ1) is 16.4. The average Bonchev–Trinajstić information content (AvgIpc) is 3.24. The fraction of sp³-hybridized carbons (Fsp3) is 0.250. The Labute approximate surface area is 192 Å². The highest BCUT2D eigenvalue weighted by Crippen LogP contribution is 2.31. The van der Waals surface area contributed by atoms with E-state index in [0.717, 1.165) is 6.07 Å². The summed E-state index contributed by atoms with van der Waals surface area (Å²) in [5, 5.41) is 6.05. The molecule has 0 amide bonds. The summed E-state index contributed by atoms with van der Waals surface area (Å²) in [6.07, 6.45) is 1.55. The first-order valence-electron chi connectivity index (χ1n) is 10.8. The Morgan fingerprint density at radius 2 is 1.76 bits per heavy atom. The summed E-state index contributed by atoms with van der Waals surface area (Å²) in [6.45, 7) is 4.02. The van der Waals surface area contributed by atoms with Crippen LogP contribution in [-0.4, -0.2) is 36.1 Å². The summed E-state index contributed by atoms with van der Waals surface area (Å²) in [6, 6.07) is 8.87. The van der Waals surface area contributed by atoms with Crippen LogP contribution in [0.25, 0.3) is 16.7 Å². The summed E-state index contributed by atoms with van der Waals surface area (Å²) in [5.41, 5.74) is 1.17. The first-order valence-corrected chi connectivity index (χ1v) is 10.8. The maximum absolute atomic E-state index is 13.7. The number of benzene rings is 2. The lowest BCUT2D eigenvalue weighted by Gasteiger charge is -2.27. The Balaban J connectivity index is 1.66. The van der Waals surface area contributed by atoms with Gasteiger partial charge in [-0.1, -0.05) is 0 Å². The highest BCUT2D eigenvalue weighted by molar-refractivity contribution is 5.84. The molecule has 1 fully saturated rings. The molecule has 4 aromatic rings. The third-order valence-corrected chi connectivity index (χ3v) is 5.75. The maximum atomic E-state index is 13.7. The van der Waals surface area contributed by atoms with Crippen molar-refractivity contribution in [1.82, 2.24) is 9.78 Å². The fourth-order valence-electron chi connectivity index (χ4n) is 4.11. The van der Waals surface area contributed by atoms with E-state index in [9.17, 15) is 18.4 Å². The quantitative estimate of drug-likeness (QED) is 0.465. The van der Waals surface area contributed by atoms with Crippen molar-refractivity contribution in [3.05, 3.63) is 86.4 Å². The largest absolute Gasteiger partial charge is 0.440 e. The number of aromatic amines is 1. The van der Waals surface area contributed by atoms with Crippen LogP contribution < -0.4 is 21.2 Å². The van der Waals surface area contributed by atoms with Crippen LogP contribution in [-0.2, 0) is 4.74 Å². The van der Waals surface area contributed by atoms with Crippen molar-refractivity contribution >= 4 is 22.5 Å². The third-order valence-electron chi connectivity index (χ3n) is 5.75. The summed E-state index contributed by atoms with van der Waals surface area (Å²) in [5.74, 6) is -0.994. The van der Waals surface area contributed by atoms with Crippen molar-refractivity contribution in [1.29, 1.82) is 0 Å². The van der Waals surface area contributed by atoms with Crippen LogP contribution in [0.15, 0.2) is 62.7 Å². The van der Waals surface area contributed by atoms with Crippen LogP contribution in [0, 0.1) is 11.6 Å². The van der Waals surface area contributed by atoms with Gasteiger partial charge in [0, 0.05) is 48.7 Å². The molecule has 1 atom stereocenters. The molecule has 34 heavy (non-hydrogen) atoms. The van der Waals surface area contributed by atoms with Crippen LogP contribution >= 0.6 is 0 Å². The number of H-pyrrole nitrogens is 1. The van der Waals surface area contributed by atoms with Gasteiger partial charge in [-0.15, -0.1) is 0 Å². The van der Waals surface area contributed by atoms with Gasteiger partial charge in [0.15, 0.2) is 11.3 Å². The van der Waals surface area contributed by atoms with E-state index in [2.05, 4.69) is 10.4 Å². The second-order valence-electron chi connectivity index (χ2n) is 8.15. The van der Waals surface area contributed by atoms with Gasteiger partial charge in [-0.05, 0) is 31.2 Å². The summed E-state index contributed by atoms with van der Waals surface area (Å²) in [7, 11) is 0. The van der Waals surface area contributed by atoms with Gasteiger partial charge in [0.05, 0.1) is 30.3 Å². The van der Waals surface area contributed by atoms with Gasteiger partial charge in [-0.25, -0.2) is 8.78 Å². The Morgan fingerprint density at radius 3 is 2.44 bits per heavy atom. The molecule has 2 N–H and O–H groups in total. The number of fused-ring (bicyclic) bond motifs is 1. The summed E-state index contributed by atoms with van der Waals surface area (Å²) < 4.78 is 40.6. The Bertz CT molecular complexity index is 1450. The van der Waals surface area contributed by atoms with Gasteiger partial charge in [-0.2, -0.15) is 0 Å². The van der Waals surface area contributed by atoms with Gasteiger partial charge in [0.2, 0.25) is 0 Å². The zero-order valence-corrected chi connectivity index (χ0v) is 18.3. The number of nitrogens with zero attached hydrogens (tertiary/aromatic N) is 2. The standard InChI is InChI=1S/C24H22F2N4O4/c1-14(27-17-9-15(25)8-16(26)10-17)19-11-18(30-3-2-22(32)28-30)12-20-21(31)13-23(34-24(19)20)29-4-6-33-7-5-29/h2-3,8-14,27H,4-7H2,1H3,(H,28,32). The van der Waals surface area contributed by atoms with E-state index in [1.54, 1.807) is 25.3 Å². The predicted molar refractivity (Wildman–Crippen MR) is 124 cm³/mol. The van der Waals surface area contributed by atoms with Crippen LogP contribution in [0.1, 0.15) is 18.5 Å². The van der Waals surface area contributed by atoms with E-state index in [-0.39, 0.29) is 16.7 Å². The SMILES string of the molecule is CC(Nc1cc(F)cc(F)c1)c1cc(-n2ccc(=O)[nH]2)cc2c(=O)cc(N3CCOCC3)oc12. The van der Waals surface area contributed by atoms with Crippen LogP contribution in [0.4, 0.5) is 20.4 Å². The van der Waals surface area contributed by atoms with Gasteiger partial charge < -0.3 is 19.4 Å². The molecule has 2 aromatic carbocycles. The molecule has 0 spiro atoms. The first kappa shape index (κ1) is 21.9. The monoisotopic (exact) mass is 468 g/mol. The molecule has 1 saturated heterocycles. The van der Waals surface area contributed by atoms with Gasteiger partial charge >= 0.3 is 0 Å². The molecule has 5 rings (SSSR count). The van der Waals surface area contributed by atoms with Crippen molar-refractivity contribution < 1.29 is 17.9 Å². The molecule has 0 bridgehead atoms. The molecule has 1 aliphatic heterocycles. The van der Waals surface area contributed by atoms with Crippen molar-refractivity contribution in [3.63, 3.8) is 0 Å². The molecular weight excluding hydrogens is 446 g/mol. The van der Waals surface area contributed by atoms with E-state index in [1.807, 2.05) is 4.90 Å². The smallest absolute Gasteiger partial charge is 0.264 e. The molecule has 10 heteroatoms. The number of morpholine rings is 1. The molecule has 0 saturated carbocycles. The van der Waals surface area contributed by atoms with Crippen molar-refractivity contribution in [2.45, 2.75) is 13.0 Å². The number of rotatable bonds is 5. The molecule has 0 aliphatic carbocycles. The van der Waals surface area contributed by atoms with Gasteiger partial charge in [-0.3, -0.25) is 19.4 Å². The van der Waals surface area contributed by atoms with Crippen molar-refractivity contribution in [3.8, 4) is 5.69 Å². The van der Waals surface area contributed by atoms with Crippen molar-refractivity contribution in [2.75, 3.05) is 36.5 Å². The van der Waals surface area contributed by atoms with E-state index in [1.165, 1.54) is 28.9 Å². The van der Waals surface area contributed by atoms with E-state index in [0.29, 0.717) is 54.4 Å². The number of anilines is 2. The number of hydrogen-bond donors (Lipinski definition) is 2. The average molecular weight is 468 g/mol. The Kier molecular flexibility index (Phi) is 5.66. The topological polar surface area (TPSA) is 92.5 Å². The number of ether oxygens (including phenoxy) is 1. The lowest BCUT2D eigenvalue weighted by Crippen LogP contribution is -2.36. The second kappa shape index (κ2) is 8.79. The van der Waals surface area contributed by atoms with Gasteiger partial charge in [0.1, 0.15) is 17.2 Å². The van der Waals surface area contributed by atoms with Crippen LogP contribution in [0.3, 0.4) is 0 Å². The lowest BCUT2D eigenvalue weighted by molar-refractivity contribution is 0.121. The molecule has 2 aromatic heterocycles. The number of halogens is 2. The summed E-state index contributed by atoms with van der Waals surface area (Å²) in [4.78, 5) is 26.8. The van der Waals surface area contributed by atoms with E-state index < -0.39 is 17.7 Å². The van der Waals surface area contributed by atoms with Crippen LogP contribution in [0.2, 0.25) is 0 Å². The zero-order chi connectivity index (χ0) is 23.8. The highest BCUT2D eigenvalue weighted by Gasteiger charge is 2.20. The number of nitrogens with one attached hydrogen (secondary N) is 2. The minimum absolute atomic E-state index is 0.240.